The standard InChI is InChI=1S/C14H16N2O3/c1-9-5-3-6-11(10(9)2)14-16-15-12(19-14)7-4-8-13(17)18/h3,5-6H,4,7-8H2,1-2H3,(H,17,18). The van der Waals surface area contributed by atoms with Crippen LogP contribution in [0.1, 0.15) is 29.9 Å². The molecule has 100 valence electrons. The van der Waals surface area contributed by atoms with Gasteiger partial charge in [0.2, 0.25) is 11.8 Å². The van der Waals surface area contributed by atoms with Gasteiger partial charge in [-0.2, -0.15) is 0 Å². The highest BCUT2D eigenvalue weighted by Gasteiger charge is 2.12. The third-order valence-corrected chi connectivity index (χ3v) is 3.08. The molecule has 2 aromatic rings. The largest absolute Gasteiger partial charge is 0.481 e. The van der Waals surface area contributed by atoms with Gasteiger partial charge >= 0.3 is 5.97 Å². The molecule has 0 saturated carbocycles. The number of aromatic nitrogens is 2. The van der Waals surface area contributed by atoms with E-state index in [9.17, 15) is 4.79 Å². The normalized spacial score (nSPS) is 10.6. The van der Waals surface area contributed by atoms with Gasteiger partial charge < -0.3 is 9.52 Å². The minimum absolute atomic E-state index is 0.112. The summed E-state index contributed by atoms with van der Waals surface area (Å²) in [6, 6.07) is 5.92. The number of carboxylic acids is 1. The van der Waals surface area contributed by atoms with Gasteiger partial charge in [-0.25, -0.2) is 0 Å². The maximum absolute atomic E-state index is 10.4. The number of aliphatic carboxylic acids is 1. The second kappa shape index (κ2) is 5.65. The average Bonchev–Trinajstić information content (AvgIpc) is 2.81. The zero-order valence-electron chi connectivity index (χ0n) is 11.0. The Morgan fingerprint density at radius 2 is 2.11 bits per heavy atom. The van der Waals surface area contributed by atoms with E-state index in [0.717, 1.165) is 11.1 Å². The molecular formula is C14H16N2O3. The fourth-order valence-electron chi connectivity index (χ4n) is 1.84. The van der Waals surface area contributed by atoms with Gasteiger partial charge in [0.25, 0.3) is 0 Å². The lowest BCUT2D eigenvalue weighted by atomic mass is 10.0. The molecule has 0 radical (unpaired) electrons. The third kappa shape index (κ3) is 3.19. The predicted octanol–water partition coefficient (Wildman–Crippen LogP) is 2.76. The number of nitrogens with zero attached hydrogens (tertiary/aromatic N) is 2. The SMILES string of the molecule is Cc1cccc(-c2nnc(CCCC(=O)O)o2)c1C. The average molecular weight is 260 g/mol. The van der Waals surface area contributed by atoms with E-state index in [1.807, 2.05) is 32.0 Å². The van der Waals surface area contributed by atoms with E-state index in [2.05, 4.69) is 10.2 Å². The lowest BCUT2D eigenvalue weighted by Gasteiger charge is -2.03. The van der Waals surface area contributed by atoms with E-state index >= 15 is 0 Å². The second-order valence-corrected chi connectivity index (χ2v) is 4.50. The monoisotopic (exact) mass is 260 g/mol. The van der Waals surface area contributed by atoms with Crippen LogP contribution in [-0.4, -0.2) is 21.3 Å². The van der Waals surface area contributed by atoms with Crippen LogP contribution in [0.2, 0.25) is 0 Å². The molecule has 0 aliphatic heterocycles. The number of rotatable bonds is 5. The van der Waals surface area contributed by atoms with E-state index < -0.39 is 5.97 Å². The molecule has 1 heterocycles. The van der Waals surface area contributed by atoms with Crippen molar-refractivity contribution < 1.29 is 14.3 Å². The van der Waals surface area contributed by atoms with Crippen LogP contribution in [0.5, 0.6) is 0 Å². The zero-order chi connectivity index (χ0) is 13.8. The van der Waals surface area contributed by atoms with E-state index in [0.29, 0.717) is 24.6 Å². The molecule has 0 spiro atoms. The van der Waals surface area contributed by atoms with Crippen molar-refractivity contribution in [2.75, 3.05) is 0 Å². The highest BCUT2D eigenvalue weighted by atomic mass is 16.4. The first kappa shape index (κ1) is 13.3. The fourth-order valence-corrected chi connectivity index (χ4v) is 1.84. The molecule has 2 rings (SSSR count). The van der Waals surface area contributed by atoms with Crippen molar-refractivity contribution in [3.8, 4) is 11.5 Å². The van der Waals surface area contributed by atoms with Gasteiger partial charge in [-0.15, -0.1) is 10.2 Å². The minimum Gasteiger partial charge on any atom is -0.481 e. The summed E-state index contributed by atoms with van der Waals surface area (Å²) in [7, 11) is 0. The van der Waals surface area contributed by atoms with Gasteiger partial charge in [0, 0.05) is 18.4 Å². The predicted molar refractivity (Wildman–Crippen MR) is 69.8 cm³/mol. The van der Waals surface area contributed by atoms with Gasteiger partial charge in [0.1, 0.15) is 0 Å². The van der Waals surface area contributed by atoms with Crippen LogP contribution in [0, 0.1) is 13.8 Å². The van der Waals surface area contributed by atoms with Gasteiger partial charge in [-0.3, -0.25) is 4.79 Å². The summed E-state index contributed by atoms with van der Waals surface area (Å²) in [5, 5.41) is 16.5. The Morgan fingerprint density at radius 1 is 1.32 bits per heavy atom. The molecule has 0 bridgehead atoms. The molecule has 0 aliphatic rings. The van der Waals surface area contributed by atoms with Crippen LogP contribution in [-0.2, 0) is 11.2 Å². The van der Waals surface area contributed by atoms with E-state index in [1.165, 1.54) is 5.56 Å². The minimum atomic E-state index is -0.811. The molecule has 0 atom stereocenters. The van der Waals surface area contributed by atoms with E-state index in [1.54, 1.807) is 0 Å². The van der Waals surface area contributed by atoms with Crippen LogP contribution >= 0.6 is 0 Å². The van der Waals surface area contributed by atoms with E-state index in [4.69, 9.17) is 9.52 Å². The number of carboxylic acid groups (broad SMARTS) is 1. The molecule has 1 N–H and O–H groups in total. The Balaban J connectivity index is 2.12. The fraction of sp³-hybridized carbons (Fsp3) is 0.357. The highest BCUT2D eigenvalue weighted by Crippen LogP contribution is 2.24. The molecule has 5 heteroatoms. The highest BCUT2D eigenvalue weighted by molar-refractivity contribution is 5.66. The summed E-state index contributed by atoms with van der Waals surface area (Å²) < 4.78 is 5.57. The molecule has 5 nitrogen and oxygen atoms in total. The number of carbonyl (C=O) groups is 1. The maximum atomic E-state index is 10.4. The Morgan fingerprint density at radius 3 is 2.84 bits per heavy atom. The first-order chi connectivity index (χ1) is 9.08. The molecule has 0 saturated heterocycles. The number of hydrogen-bond acceptors (Lipinski definition) is 4. The van der Waals surface area contributed by atoms with Gasteiger partial charge in [0.15, 0.2) is 0 Å². The summed E-state index contributed by atoms with van der Waals surface area (Å²) in [4.78, 5) is 10.4. The molecule has 0 fully saturated rings. The Bertz CT molecular complexity index is 590. The van der Waals surface area contributed by atoms with Gasteiger partial charge in [0.05, 0.1) is 0 Å². The summed E-state index contributed by atoms with van der Waals surface area (Å²) in [6.45, 7) is 4.04. The molecule has 1 aromatic carbocycles. The van der Waals surface area contributed by atoms with Gasteiger partial charge in [-0.1, -0.05) is 12.1 Å². The Kier molecular flexibility index (Phi) is 3.94. The lowest BCUT2D eigenvalue weighted by Crippen LogP contribution is -1.95. The lowest BCUT2D eigenvalue weighted by molar-refractivity contribution is -0.137. The zero-order valence-corrected chi connectivity index (χ0v) is 11.0. The van der Waals surface area contributed by atoms with Crippen molar-refractivity contribution in [1.82, 2.24) is 10.2 Å². The third-order valence-electron chi connectivity index (χ3n) is 3.08. The molecular weight excluding hydrogens is 244 g/mol. The summed E-state index contributed by atoms with van der Waals surface area (Å²) in [5.41, 5.74) is 3.21. The first-order valence-electron chi connectivity index (χ1n) is 6.18. The van der Waals surface area contributed by atoms with Crippen molar-refractivity contribution in [3.63, 3.8) is 0 Å². The van der Waals surface area contributed by atoms with Crippen molar-refractivity contribution in [1.29, 1.82) is 0 Å². The molecule has 1 aromatic heterocycles. The van der Waals surface area contributed by atoms with Crippen LogP contribution in [0.25, 0.3) is 11.5 Å². The van der Waals surface area contributed by atoms with Crippen LogP contribution < -0.4 is 0 Å². The van der Waals surface area contributed by atoms with Gasteiger partial charge in [-0.05, 0) is 37.5 Å². The van der Waals surface area contributed by atoms with Crippen LogP contribution in [0.15, 0.2) is 22.6 Å². The maximum Gasteiger partial charge on any atom is 0.303 e. The van der Waals surface area contributed by atoms with Crippen molar-refractivity contribution in [2.45, 2.75) is 33.1 Å². The van der Waals surface area contributed by atoms with Crippen LogP contribution in [0.4, 0.5) is 0 Å². The van der Waals surface area contributed by atoms with Crippen molar-refractivity contribution >= 4 is 5.97 Å². The number of benzene rings is 1. The first-order valence-corrected chi connectivity index (χ1v) is 6.18. The van der Waals surface area contributed by atoms with Crippen molar-refractivity contribution in [2.24, 2.45) is 0 Å². The Labute approximate surface area is 111 Å². The second-order valence-electron chi connectivity index (χ2n) is 4.50. The quantitative estimate of drug-likeness (QED) is 0.894. The topological polar surface area (TPSA) is 76.2 Å². The number of aryl methyl sites for hydroxylation is 2. The molecule has 19 heavy (non-hydrogen) atoms. The van der Waals surface area contributed by atoms with Crippen LogP contribution in [0.3, 0.4) is 0 Å². The molecule has 0 aliphatic carbocycles. The molecule has 0 unspecified atom stereocenters. The van der Waals surface area contributed by atoms with Crippen molar-refractivity contribution in [3.05, 3.63) is 35.2 Å². The summed E-state index contributed by atoms with van der Waals surface area (Å²) in [5.74, 6) is 0.165. The number of hydrogen-bond donors (Lipinski definition) is 1. The Hall–Kier alpha value is -2.17. The molecule has 0 amide bonds. The smallest absolute Gasteiger partial charge is 0.303 e. The summed E-state index contributed by atoms with van der Waals surface area (Å²) in [6.07, 6.45) is 1.11. The summed E-state index contributed by atoms with van der Waals surface area (Å²) >= 11 is 0. The van der Waals surface area contributed by atoms with E-state index in [-0.39, 0.29) is 6.42 Å².